The highest BCUT2D eigenvalue weighted by molar-refractivity contribution is 6.52. The second-order valence-electron chi connectivity index (χ2n) is 4.21. The number of hydrogen-bond donors (Lipinski definition) is 0. The van der Waals surface area contributed by atoms with Gasteiger partial charge in [0.15, 0.2) is 0 Å². The number of benzene rings is 1. The van der Waals surface area contributed by atoms with E-state index in [1.54, 1.807) is 12.1 Å². The van der Waals surface area contributed by atoms with Gasteiger partial charge < -0.3 is 0 Å². The summed E-state index contributed by atoms with van der Waals surface area (Å²) >= 11 is 5.75. The average molecular weight is 281 g/mol. The zero-order valence-corrected chi connectivity index (χ0v) is 11.2. The van der Waals surface area contributed by atoms with Crippen molar-refractivity contribution >= 4 is 35.1 Å². The number of carbonyl (C=O) groups excluding carboxylic acids is 3. The number of unbranched alkanes of at least 4 members (excludes halogenated alkanes) is 1. The summed E-state index contributed by atoms with van der Waals surface area (Å²) < 4.78 is 0. The minimum atomic E-state index is -0.816. The Labute approximate surface area is 115 Å². The molecule has 0 spiro atoms. The molecule has 1 saturated heterocycles. The summed E-state index contributed by atoms with van der Waals surface area (Å²) in [5.74, 6) is -1.59. The quantitative estimate of drug-likeness (QED) is 0.629. The highest BCUT2D eigenvalue weighted by Crippen LogP contribution is 2.24. The Morgan fingerprint density at radius 3 is 2.26 bits per heavy atom. The van der Waals surface area contributed by atoms with Gasteiger partial charge in [0.1, 0.15) is 0 Å². The molecule has 1 fully saturated rings. The molecule has 0 saturated carbocycles. The van der Waals surface area contributed by atoms with Gasteiger partial charge in [-0.1, -0.05) is 24.9 Å². The minimum Gasteiger partial charge on any atom is -0.263 e. The van der Waals surface area contributed by atoms with Gasteiger partial charge in [0.25, 0.3) is 0 Å². The number of hydrogen-bond acceptors (Lipinski definition) is 3. The summed E-state index contributed by atoms with van der Waals surface area (Å²) in [4.78, 5) is 37.6. The third kappa shape index (κ3) is 2.46. The molecule has 1 heterocycles. The molecule has 100 valence electrons. The SMILES string of the molecule is CCCCN1C(=O)C(=O)N(c2ccc(Cl)cc2)C1=O. The summed E-state index contributed by atoms with van der Waals surface area (Å²) in [5.41, 5.74) is 0.353. The average Bonchev–Trinajstić information content (AvgIpc) is 2.60. The van der Waals surface area contributed by atoms with E-state index in [1.807, 2.05) is 6.92 Å². The first kappa shape index (κ1) is 13.5. The lowest BCUT2D eigenvalue weighted by molar-refractivity contribution is -0.139. The van der Waals surface area contributed by atoms with Crippen molar-refractivity contribution in [2.75, 3.05) is 11.4 Å². The van der Waals surface area contributed by atoms with Crippen molar-refractivity contribution < 1.29 is 14.4 Å². The van der Waals surface area contributed by atoms with E-state index in [9.17, 15) is 14.4 Å². The molecule has 0 unspecified atom stereocenters. The van der Waals surface area contributed by atoms with Crippen LogP contribution >= 0.6 is 11.6 Å². The first-order valence-electron chi connectivity index (χ1n) is 6.01. The Morgan fingerprint density at radius 1 is 1.05 bits per heavy atom. The second kappa shape index (κ2) is 5.40. The van der Waals surface area contributed by atoms with Crippen LogP contribution in [0.1, 0.15) is 19.8 Å². The summed E-state index contributed by atoms with van der Waals surface area (Å²) in [7, 11) is 0. The first-order valence-corrected chi connectivity index (χ1v) is 6.39. The van der Waals surface area contributed by atoms with Crippen LogP contribution in [0.5, 0.6) is 0 Å². The highest BCUT2D eigenvalue weighted by Gasteiger charge is 2.44. The van der Waals surface area contributed by atoms with Crippen LogP contribution in [-0.4, -0.2) is 29.3 Å². The smallest absolute Gasteiger partial charge is 0.263 e. The molecule has 0 atom stereocenters. The molecular weight excluding hydrogens is 268 g/mol. The molecule has 1 aromatic rings. The monoisotopic (exact) mass is 280 g/mol. The lowest BCUT2D eigenvalue weighted by Crippen LogP contribution is -2.34. The van der Waals surface area contributed by atoms with Crippen molar-refractivity contribution in [1.82, 2.24) is 4.90 Å². The largest absolute Gasteiger partial charge is 0.338 e. The molecular formula is C13H13ClN2O3. The number of nitrogens with zero attached hydrogens (tertiary/aromatic N) is 2. The molecule has 0 aromatic heterocycles. The lowest BCUT2D eigenvalue weighted by atomic mass is 10.3. The van der Waals surface area contributed by atoms with E-state index < -0.39 is 17.8 Å². The van der Waals surface area contributed by atoms with Gasteiger partial charge in [-0.2, -0.15) is 0 Å². The van der Waals surface area contributed by atoms with Crippen LogP contribution in [0.2, 0.25) is 5.02 Å². The van der Waals surface area contributed by atoms with Gasteiger partial charge in [0, 0.05) is 11.6 Å². The number of rotatable bonds is 4. The zero-order chi connectivity index (χ0) is 14.0. The van der Waals surface area contributed by atoms with E-state index >= 15 is 0 Å². The van der Waals surface area contributed by atoms with Gasteiger partial charge in [-0.15, -0.1) is 0 Å². The maximum atomic E-state index is 12.1. The fraction of sp³-hybridized carbons (Fsp3) is 0.308. The Balaban J connectivity index is 2.27. The van der Waals surface area contributed by atoms with Gasteiger partial charge in [-0.25, -0.2) is 9.69 Å². The Kier molecular flexibility index (Phi) is 3.85. The van der Waals surface area contributed by atoms with Crippen LogP contribution < -0.4 is 4.90 Å². The van der Waals surface area contributed by atoms with E-state index in [4.69, 9.17) is 11.6 Å². The van der Waals surface area contributed by atoms with Gasteiger partial charge in [-0.05, 0) is 30.7 Å². The van der Waals surface area contributed by atoms with Crippen molar-refractivity contribution in [1.29, 1.82) is 0 Å². The zero-order valence-electron chi connectivity index (χ0n) is 10.4. The van der Waals surface area contributed by atoms with Crippen LogP contribution in [0, 0.1) is 0 Å². The van der Waals surface area contributed by atoms with E-state index in [-0.39, 0.29) is 6.54 Å². The molecule has 19 heavy (non-hydrogen) atoms. The van der Waals surface area contributed by atoms with Crippen LogP contribution in [0.4, 0.5) is 10.5 Å². The van der Waals surface area contributed by atoms with Gasteiger partial charge in [0.05, 0.1) is 5.69 Å². The number of urea groups is 1. The summed E-state index contributed by atoms with van der Waals surface area (Å²) in [5, 5.41) is 0.497. The molecule has 0 aliphatic carbocycles. The molecule has 1 aromatic carbocycles. The molecule has 0 N–H and O–H groups in total. The van der Waals surface area contributed by atoms with E-state index in [0.717, 1.165) is 16.2 Å². The molecule has 2 rings (SSSR count). The molecule has 0 bridgehead atoms. The predicted octanol–water partition coefficient (Wildman–Crippen LogP) is 2.44. The van der Waals surface area contributed by atoms with Crippen LogP contribution in [0.3, 0.4) is 0 Å². The maximum absolute atomic E-state index is 12.1. The number of halogens is 1. The fourth-order valence-electron chi connectivity index (χ4n) is 1.84. The molecule has 1 aliphatic rings. The number of carbonyl (C=O) groups is 3. The van der Waals surface area contributed by atoms with Gasteiger partial charge >= 0.3 is 17.8 Å². The van der Waals surface area contributed by atoms with E-state index in [2.05, 4.69) is 0 Å². The number of imide groups is 2. The Bertz CT molecular complexity index is 527. The molecule has 4 amide bonds. The molecule has 0 radical (unpaired) electrons. The minimum absolute atomic E-state index is 0.268. The summed E-state index contributed by atoms with van der Waals surface area (Å²) in [6.45, 7) is 2.22. The predicted molar refractivity (Wildman–Crippen MR) is 71.0 cm³/mol. The van der Waals surface area contributed by atoms with Crippen molar-refractivity contribution in [3.63, 3.8) is 0 Å². The number of amides is 4. The maximum Gasteiger partial charge on any atom is 0.338 e. The van der Waals surface area contributed by atoms with Crippen molar-refractivity contribution in [2.24, 2.45) is 0 Å². The first-order chi connectivity index (χ1) is 9.06. The van der Waals surface area contributed by atoms with Crippen LogP contribution in [0.15, 0.2) is 24.3 Å². The van der Waals surface area contributed by atoms with Crippen molar-refractivity contribution in [2.45, 2.75) is 19.8 Å². The fourth-order valence-corrected chi connectivity index (χ4v) is 1.96. The highest BCUT2D eigenvalue weighted by atomic mass is 35.5. The van der Waals surface area contributed by atoms with Crippen LogP contribution in [0.25, 0.3) is 0 Å². The van der Waals surface area contributed by atoms with E-state index in [0.29, 0.717) is 17.1 Å². The lowest BCUT2D eigenvalue weighted by Gasteiger charge is -2.15. The second-order valence-corrected chi connectivity index (χ2v) is 4.65. The third-order valence-corrected chi connectivity index (χ3v) is 3.13. The van der Waals surface area contributed by atoms with Gasteiger partial charge in [0.2, 0.25) is 0 Å². The summed E-state index contributed by atoms with van der Waals surface area (Å²) in [6, 6.07) is 5.61. The van der Waals surface area contributed by atoms with Crippen molar-refractivity contribution in [3.05, 3.63) is 29.3 Å². The number of anilines is 1. The standard InChI is InChI=1S/C13H13ClN2O3/c1-2-3-8-15-11(17)12(18)16(13(15)19)10-6-4-9(14)5-7-10/h4-7H,2-3,8H2,1H3. The Morgan fingerprint density at radius 2 is 1.68 bits per heavy atom. The topological polar surface area (TPSA) is 57.7 Å². The van der Waals surface area contributed by atoms with Crippen LogP contribution in [-0.2, 0) is 9.59 Å². The Hall–Kier alpha value is -1.88. The molecule has 1 aliphatic heterocycles. The van der Waals surface area contributed by atoms with Gasteiger partial charge in [-0.3, -0.25) is 14.5 Å². The summed E-state index contributed by atoms with van der Waals surface area (Å²) in [6.07, 6.45) is 1.52. The van der Waals surface area contributed by atoms with Crippen molar-refractivity contribution in [3.8, 4) is 0 Å². The third-order valence-electron chi connectivity index (χ3n) is 2.87. The van der Waals surface area contributed by atoms with E-state index in [1.165, 1.54) is 12.1 Å². The molecule has 6 heteroatoms. The molecule has 5 nitrogen and oxygen atoms in total. The normalized spacial score (nSPS) is 15.6.